The molecule has 1 N–H and O–H groups in total. The molecule has 4 nitrogen and oxygen atoms in total. The molecular formula is C26H36N2O2. The molecule has 2 rings (SSSR count). The van der Waals surface area contributed by atoms with Crippen molar-refractivity contribution in [2.45, 2.75) is 71.9 Å². The Morgan fingerprint density at radius 1 is 1.03 bits per heavy atom. The third kappa shape index (κ3) is 6.19. The second-order valence-electron chi connectivity index (χ2n) is 8.93. The van der Waals surface area contributed by atoms with Crippen molar-refractivity contribution in [3.05, 3.63) is 70.8 Å². The maximum absolute atomic E-state index is 13.2. The molecule has 0 aliphatic carbocycles. The standard InChI is InChI=1S/C26H36N2O2/c1-7-23(25(30)27-6)28(18-21-11-9-8-10-19(21)2)24(29)17-14-20-12-15-22(16-13-20)26(3,4)5/h8-13,15-16,23H,7,14,17-18H2,1-6H3,(H,27,30). The van der Waals surface area contributed by atoms with E-state index in [0.29, 0.717) is 25.8 Å². The lowest BCUT2D eigenvalue weighted by Crippen LogP contribution is -2.48. The van der Waals surface area contributed by atoms with Gasteiger partial charge in [-0.1, -0.05) is 76.2 Å². The molecule has 0 saturated heterocycles. The van der Waals surface area contributed by atoms with Crippen LogP contribution in [-0.4, -0.2) is 29.8 Å². The molecular weight excluding hydrogens is 372 g/mol. The van der Waals surface area contributed by atoms with Crippen LogP contribution in [-0.2, 0) is 28.0 Å². The largest absolute Gasteiger partial charge is 0.357 e. The fraction of sp³-hybridized carbons (Fsp3) is 0.462. The Morgan fingerprint density at radius 3 is 2.20 bits per heavy atom. The highest BCUT2D eigenvalue weighted by atomic mass is 16.2. The van der Waals surface area contributed by atoms with Crippen LogP contribution in [0.4, 0.5) is 0 Å². The Labute approximate surface area is 181 Å². The Balaban J connectivity index is 2.17. The molecule has 30 heavy (non-hydrogen) atoms. The molecule has 0 aromatic heterocycles. The Kier molecular flexibility index (Phi) is 8.22. The summed E-state index contributed by atoms with van der Waals surface area (Å²) in [6.45, 7) is 11.0. The molecule has 2 aromatic carbocycles. The molecule has 0 bridgehead atoms. The van der Waals surface area contributed by atoms with Gasteiger partial charge in [0.2, 0.25) is 11.8 Å². The van der Waals surface area contributed by atoms with Gasteiger partial charge < -0.3 is 10.2 Å². The zero-order chi connectivity index (χ0) is 22.3. The minimum atomic E-state index is -0.467. The lowest BCUT2D eigenvalue weighted by molar-refractivity contribution is -0.141. The monoisotopic (exact) mass is 408 g/mol. The third-order valence-electron chi connectivity index (χ3n) is 5.68. The van der Waals surface area contributed by atoms with Crippen LogP contribution in [0.1, 0.15) is 62.8 Å². The Morgan fingerprint density at radius 2 is 1.67 bits per heavy atom. The second-order valence-corrected chi connectivity index (χ2v) is 8.93. The summed E-state index contributed by atoms with van der Waals surface area (Å²) in [6.07, 6.45) is 1.63. The molecule has 162 valence electrons. The number of aryl methyl sites for hydroxylation is 2. The minimum absolute atomic E-state index is 0.00796. The van der Waals surface area contributed by atoms with Crippen LogP contribution < -0.4 is 5.32 Å². The van der Waals surface area contributed by atoms with Gasteiger partial charge in [0.05, 0.1) is 0 Å². The Bertz CT molecular complexity index is 850. The van der Waals surface area contributed by atoms with Gasteiger partial charge in [-0.25, -0.2) is 0 Å². The number of hydrogen-bond acceptors (Lipinski definition) is 2. The summed E-state index contributed by atoms with van der Waals surface area (Å²) in [5.41, 5.74) is 4.73. The average molecular weight is 409 g/mol. The quantitative estimate of drug-likeness (QED) is 0.683. The van der Waals surface area contributed by atoms with Gasteiger partial charge in [0.25, 0.3) is 0 Å². The zero-order valence-electron chi connectivity index (χ0n) is 19.3. The molecule has 0 radical (unpaired) electrons. The van der Waals surface area contributed by atoms with E-state index in [2.05, 4.69) is 50.4 Å². The number of carbonyl (C=O) groups excluding carboxylic acids is 2. The van der Waals surface area contributed by atoms with Crippen molar-refractivity contribution >= 4 is 11.8 Å². The van der Waals surface area contributed by atoms with Crippen molar-refractivity contribution in [3.63, 3.8) is 0 Å². The molecule has 0 heterocycles. The van der Waals surface area contributed by atoms with Crippen LogP contribution in [0.3, 0.4) is 0 Å². The number of benzene rings is 2. The summed E-state index contributed by atoms with van der Waals surface area (Å²) in [7, 11) is 1.62. The van der Waals surface area contributed by atoms with E-state index in [1.807, 2.05) is 38.1 Å². The molecule has 1 unspecified atom stereocenters. The first-order valence-corrected chi connectivity index (χ1v) is 10.8. The van der Waals surface area contributed by atoms with Gasteiger partial charge in [0.15, 0.2) is 0 Å². The van der Waals surface area contributed by atoms with Crippen molar-refractivity contribution in [2.75, 3.05) is 7.05 Å². The number of likely N-dealkylation sites (N-methyl/N-ethyl adjacent to an activating group) is 1. The van der Waals surface area contributed by atoms with E-state index in [9.17, 15) is 9.59 Å². The number of hydrogen-bond donors (Lipinski definition) is 1. The van der Waals surface area contributed by atoms with E-state index in [1.54, 1.807) is 11.9 Å². The smallest absolute Gasteiger partial charge is 0.242 e. The van der Waals surface area contributed by atoms with E-state index in [-0.39, 0.29) is 17.2 Å². The van der Waals surface area contributed by atoms with Crippen molar-refractivity contribution in [1.29, 1.82) is 0 Å². The first kappa shape index (κ1) is 23.7. The topological polar surface area (TPSA) is 49.4 Å². The van der Waals surface area contributed by atoms with Crippen molar-refractivity contribution < 1.29 is 9.59 Å². The highest BCUT2D eigenvalue weighted by molar-refractivity contribution is 5.87. The summed E-state index contributed by atoms with van der Waals surface area (Å²) in [4.78, 5) is 27.4. The maximum atomic E-state index is 13.2. The fourth-order valence-electron chi connectivity index (χ4n) is 3.62. The summed E-state index contributed by atoms with van der Waals surface area (Å²) >= 11 is 0. The zero-order valence-corrected chi connectivity index (χ0v) is 19.3. The molecule has 0 aliphatic rings. The fourth-order valence-corrected chi connectivity index (χ4v) is 3.62. The number of amides is 2. The molecule has 0 fully saturated rings. The molecule has 0 aliphatic heterocycles. The van der Waals surface area contributed by atoms with Crippen LogP contribution >= 0.6 is 0 Å². The van der Waals surface area contributed by atoms with Crippen molar-refractivity contribution in [1.82, 2.24) is 10.2 Å². The first-order chi connectivity index (χ1) is 14.2. The predicted octanol–water partition coefficient (Wildman–Crippen LogP) is 4.78. The van der Waals surface area contributed by atoms with E-state index in [0.717, 1.165) is 16.7 Å². The molecule has 2 aromatic rings. The summed E-state index contributed by atoms with van der Waals surface area (Å²) in [6, 6.07) is 16.1. The van der Waals surface area contributed by atoms with Crippen LogP contribution in [0.25, 0.3) is 0 Å². The SMILES string of the molecule is CCC(C(=O)NC)N(Cc1ccccc1C)C(=O)CCc1ccc(C(C)(C)C)cc1. The van der Waals surface area contributed by atoms with Crippen LogP contribution in [0, 0.1) is 6.92 Å². The number of nitrogens with one attached hydrogen (secondary N) is 1. The van der Waals surface area contributed by atoms with Gasteiger partial charge in [-0.15, -0.1) is 0 Å². The van der Waals surface area contributed by atoms with Gasteiger partial charge >= 0.3 is 0 Å². The van der Waals surface area contributed by atoms with Gasteiger partial charge in [-0.3, -0.25) is 9.59 Å². The van der Waals surface area contributed by atoms with Gasteiger partial charge in [-0.05, 0) is 47.4 Å². The van der Waals surface area contributed by atoms with Crippen LogP contribution in [0.5, 0.6) is 0 Å². The summed E-state index contributed by atoms with van der Waals surface area (Å²) < 4.78 is 0. The van der Waals surface area contributed by atoms with E-state index >= 15 is 0 Å². The summed E-state index contributed by atoms with van der Waals surface area (Å²) in [5.74, 6) is -0.109. The van der Waals surface area contributed by atoms with Gasteiger partial charge in [0, 0.05) is 20.0 Å². The molecule has 0 saturated carbocycles. The molecule has 2 amide bonds. The third-order valence-corrected chi connectivity index (χ3v) is 5.68. The van der Waals surface area contributed by atoms with Crippen LogP contribution in [0.2, 0.25) is 0 Å². The maximum Gasteiger partial charge on any atom is 0.242 e. The molecule has 1 atom stereocenters. The van der Waals surface area contributed by atoms with Gasteiger partial charge in [-0.2, -0.15) is 0 Å². The predicted molar refractivity (Wildman–Crippen MR) is 123 cm³/mol. The van der Waals surface area contributed by atoms with Gasteiger partial charge in [0.1, 0.15) is 6.04 Å². The van der Waals surface area contributed by atoms with Crippen molar-refractivity contribution in [3.8, 4) is 0 Å². The molecule has 0 spiro atoms. The van der Waals surface area contributed by atoms with Crippen molar-refractivity contribution in [2.24, 2.45) is 0 Å². The highest BCUT2D eigenvalue weighted by Gasteiger charge is 2.28. The summed E-state index contributed by atoms with van der Waals surface area (Å²) in [5, 5.41) is 2.71. The average Bonchev–Trinajstić information content (AvgIpc) is 2.72. The van der Waals surface area contributed by atoms with E-state index < -0.39 is 6.04 Å². The van der Waals surface area contributed by atoms with E-state index in [4.69, 9.17) is 0 Å². The first-order valence-electron chi connectivity index (χ1n) is 10.8. The lowest BCUT2D eigenvalue weighted by Gasteiger charge is -2.31. The highest BCUT2D eigenvalue weighted by Crippen LogP contribution is 2.23. The number of carbonyl (C=O) groups is 2. The minimum Gasteiger partial charge on any atom is -0.357 e. The normalized spacial score (nSPS) is 12.3. The lowest BCUT2D eigenvalue weighted by atomic mass is 9.86. The number of nitrogens with zero attached hydrogens (tertiary/aromatic N) is 1. The van der Waals surface area contributed by atoms with E-state index in [1.165, 1.54) is 5.56 Å². The molecule has 4 heteroatoms. The number of rotatable bonds is 8. The second kappa shape index (κ2) is 10.4. The Hall–Kier alpha value is -2.62. The van der Waals surface area contributed by atoms with Crippen LogP contribution in [0.15, 0.2) is 48.5 Å².